The number of benzene rings is 2. The quantitative estimate of drug-likeness (QED) is 0.653. The summed E-state index contributed by atoms with van der Waals surface area (Å²) in [7, 11) is 1.45. The molecule has 2 aliphatic carbocycles. The van der Waals surface area contributed by atoms with Crippen molar-refractivity contribution in [1.82, 2.24) is 10.2 Å². The molecular weight excluding hydrogens is 436 g/mol. The zero-order valence-electron chi connectivity index (χ0n) is 19.2. The molecule has 4 unspecified atom stereocenters. The molecule has 3 fully saturated rings. The first-order valence-corrected chi connectivity index (χ1v) is 11.5. The first kappa shape index (κ1) is 22.4. The molecule has 2 N–H and O–H groups in total. The lowest BCUT2D eigenvalue weighted by Gasteiger charge is -2.37. The number of carbonyl (C=O) groups is 3. The van der Waals surface area contributed by atoms with Crippen molar-refractivity contribution in [3.63, 3.8) is 0 Å². The fourth-order valence-electron chi connectivity index (χ4n) is 5.84. The van der Waals surface area contributed by atoms with Gasteiger partial charge in [0.15, 0.2) is 0 Å². The fraction of sp³-hybridized carbons (Fsp3) is 0.423. The second-order valence-corrected chi connectivity index (χ2v) is 9.60. The molecule has 2 amide bonds. The molecule has 0 radical (unpaired) electrons. The number of carbonyl (C=O) groups excluding carboxylic acids is 2. The van der Waals surface area contributed by atoms with Crippen LogP contribution in [0.5, 0.6) is 0 Å². The Morgan fingerprint density at radius 1 is 1.09 bits per heavy atom. The molecule has 34 heavy (non-hydrogen) atoms. The summed E-state index contributed by atoms with van der Waals surface area (Å²) in [5.74, 6) is -1.89. The third-order valence-electron chi connectivity index (χ3n) is 7.47. The predicted molar refractivity (Wildman–Crippen MR) is 123 cm³/mol. The molecule has 0 spiro atoms. The summed E-state index contributed by atoms with van der Waals surface area (Å²) in [5, 5.41) is 12.1. The number of rotatable bonds is 7. The third-order valence-corrected chi connectivity index (χ3v) is 7.47. The standard InChI is InChI=1S/C26H28N2O6/c1-26(14-33-2,24(31)28-12-15-11-21(28)22(15)23(29)30)27-25(32)34-13-20-18-9-5-3-7-16(18)17-8-4-6-10-19(17)20/h3-10,15,20-22H,11-14H2,1-2H3,(H,27,32)(H,29,30). The maximum atomic E-state index is 13.4. The van der Waals surface area contributed by atoms with E-state index in [1.165, 1.54) is 7.11 Å². The molecule has 2 heterocycles. The Hall–Kier alpha value is -3.39. The molecule has 4 atom stereocenters. The van der Waals surface area contributed by atoms with Gasteiger partial charge in [0, 0.05) is 25.6 Å². The first-order chi connectivity index (χ1) is 16.3. The molecule has 2 aliphatic heterocycles. The molecule has 8 heteroatoms. The van der Waals surface area contributed by atoms with Gasteiger partial charge in [0.25, 0.3) is 5.91 Å². The lowest BCUT2D eigenvalue weighted by Crippen LogP contribution is -2.61. The minimum Gasteiger partial charge on any atom is -0.481 e. The van der Waals surface area contributed by atoms with Gasteiger partial charge in [0.2, 0.25) is 0 Å². The maximum Gasteiger partial charge on any atom is 0.408 e. The fourth-order valence-corrected chi connectivity index (χ4v) is 5.84. The van der Waals surface area contributed by atoms with Crippen molar-refractivity contribution in [3.8, 4) is 11.1 Å². The van der Waals surface area contributed by atoms with Crippen LogP contribution in [0.1, 0.15) is 30.4 Å². The van der Waals surface area contributed by atoms with Crippen LogP contribution < -0.4 is 5.32 Å². The van der Waals surface area contributed by atoms with E-state index >= 15 is 0 Å². The largest absolute Gasteiger partial charge is 0.481 e. The van der Waals surface area contributed by atoms with Crippen LogP contribution in [0.3, 0.4) is 0 Å². The van der Waals surface area contributed by atoms with Crippen LogP contribution in [0.25, 0.3) is 11.1 Å². The molecule has 0 aromatic heterocycles. The van der Waals surface area contributed by atoms with Gasteiger partial charge in [0.1, 0.15) is 12.1 Å². The van der Waals surface area contributed by atoms with E-state index in [9.17, 15) is 19.5 Å². The van der Waals surface area contributed by atoms with Gasteiger partial charge in [0.05, 0.1) is 12.5 Å². The van der Waals surface area contributed by atoms with Crippen molar-refractivity contribution in [2.75, 3.05) is 26.9 Å². The van der Waals surface area contributed by atoms with Crippen LogP contribution in [0.4, 0.5) is 4.79 Å². The maximum absolute atomic E-state index is 13.4. The van der Waals surface area contributed by atoms with Crippen molar-refractivity contribution in [2.45, 2.75) is 30.8 Å². The lowest BCUT2D eigenvalue weighted by atomic mass is 9.74. The van der Waals surface area contributed by atoms with Crippen LogP contribution in [-0.4, -0.2) is 66.4 Å². The van der Waals surface area contributed by atoms with Crippen LogP contribution in [0.2, 0.25) is 0 Å². The molecular formula is C26H28N2O6. The SMILES string of the molecule is COCC(C)(NC(=O)OCC1c2ccccc2-c2ccccc21)C(=O)N1CC2CC1C2C(=O)O. The second-order valence-electron chi connectivity index (χ2n) is 9.60. The van der Waals surface area contributed by atoms with Crippen molar-refractivity contribution in [1.29, 1.82) is 0 Å². The number of ether oxygens (including phenoxy) is 2. The Balaban J connectivity index is 1.28. The van der Waals surface area contributed by atoms with Gasteiger partial charge in [-0.05, 0) is 41.5 Å². The van der Waals surface area contributed by atoms with Crippen molar-refractivity contribution >= 4 is 18.0 Å². The summed E-state index contributed by atoms with van der Waals surface area (Å²) in [6.07, 6.45) is -0.0347. The zero-order valence-corrected chi connectivity index (χ0v) is 19.2. The van der Waals surface area contributed by atoms with Crippen LogP contribution in [-0.2, 0) is 19.1 Å². The Bertz CT molecular complexity index is 1100. The number of nitrogens with one attached hydrogen (secondary N) is 1. The van der Waals surface area contributed by atoms with Crippen LogP contribution in [0, 0.1) is 11.8 Å². The summed E-state index contributed by atoms with van der Waals surface area (Å²) in [6.45, 7) is 2.05. The first-order valence-electron chi connectivity index (χ1n) is 11.5. The number of carboxylic acid groups (broad SMARTS) is 1. The Kier molecular flexibility index (Phi) is 5.56. The number of hydrogen-bond donors (Lipinski definition) is 2. The van der Waals surface area contributed by atoms with E-state index < -0.39 is 23.5 Å². The number of nitrogens with zero attached hydrogens (tertiary/aromatic N) is 1. The van der Waals surface area contributed by atoms with Crippen molar-refractivity contribution in [3.05, 3.63) is 59.7 Å². The highest BCUT2D eigenvalue weighted by atomic mass is 16.5. The van der Waals surface area contributed by atoms with Gasteiger partial charge in [-0.15, -0.1) is 0 Å². The molecule has 1 saturated carbocycles. The monoisotopic (exact) mass is 464 g/mol. The molecule has 2 aromatic carbocycles. The summed E-state index contributed by atoms with van der Waals surface area (Å²) in [4.78, 5) is 39.3. The van der Waals surface area contributed by atoms with Gasteiger partial charge < -0.3 is 24.8 Å². The number of fused-ring (bicyclic) bond motifs is 4. The van der Waals surface area contributed by atoms with Gasteiger partial charge in [-0.25, -0.2) is 4.79 Å². The highest BCUT2D eigenvalue weighted by Gasteiger charge is 2.59. The summed E-state index contributed by atoms with van der Waals surface area (Å²) >= 11 is 0. The van der Waals surface area contributed by atoms with Gasteiger partial charge in [-0.1, -0.05) is 48.5 Å². The van der Waals surface area contributed by atoms with Crippen molar-refractivity contribution in [2.24, 2.45) is 11.8 Å². The highest BCUT2D eigenvalue weighted by Crippen LogP contribution is 2.47. The Morgan fingerprint density at radius 2 is 1.71 bits per heavy atom. The van der Waals surface area contributed by atoms with E-state index in [0.29, 0.717) is 13.0 Å². The van der Waals surface area contributed by atoms with E-state index in [1.807, 2.05) is 36.4 Å². The van der Waals surface area contributed by atoms with Crippen LogP contribution >= 0.6 is 0 Å². The minimum atomic E-state index is -1.36. The molecule has 2 saturated heterocycles. The van der Waals surface area contributed by atoms with E-state index in [2.05, 4.69) is 17.4 Å². The number of carboxylic acids is 1. The van der Waals surface area contributed by atoms with E-state index in [4.69, 9.17) is 9.47 Å². The normalized spacial score (nSPS) is 23.9. The average Bonchev–Trinajstić information content (AvgIpc) is 3.48. The number of aliphatic carboxylic acids is 1. The highest BCUT2D eigenvalue weighted by molar-refractivity contribution is 5.91. The van der Waals surface area contributed by atoms with Crippen LogP contribution in [0.15, 0.2) is 48.5 Å². The number of amides is 2. The Labute approximate surface area is 197 Å². The van der Waals surface area contributed by atoms with E-state index in [1.54, 1.807) is 11.8 Å². The zero-order chi connectivity index (χ0) is 24.0. The smallest absolute Gasteiger partial charge is 0.408 e. The summed E-state index contributed by atoms with van der Waals surface area (Å²) in [6, 6.07) is 15.8. The molecule has 2 bridgehead atoms. The second kappa shape index (κ2) is 8.43. The molecule has 4 aliphatic rings. The minimum absolute atomic E-state index is 0.0345. The lowest BCUT2D eigenvalue weighted by molar-refractivity contribution is -0.149. The van der Waals surface area contributed by atoms with E-state index in [0.717, 1.165) is 22.3 Å². The number of hydrogen-bond acceptors (Lipinski definition) is 5. The Morgan fingerprint density at radius 3 is 2.26 bits per heavy atom. The topological polar surface area (TPSA) is 105 Å². The molecule has 2 aromatic rings. The molecule has 178 valence electrons. The van der Waals surface area contributed by atoms with Gasteiger partial charge in [-0.3, -0.25) is 9.59 Å². The summed E-state index contributed by atoms with van der Waals surface area (Å²) < 4.78 is 10.9. The van der Waals surface area contributed by atoms with Gasteiger partial charge >= 0.3 is 12.1 Å². The summed E-state index contributed by atoms with van der Waals surface area (Å²) in [5.41, 5.74) is 3.10. The van der Waals surface area contributed by atoms with E-state index in [-0.39, 0.29) is 37.0 Å². The van der Waals surface area contributed by atoms with Crippen molar-refractivity contribution < 1.29 is 29.0 Å². The number of methoxy groups -OCH3 is 1. The van der Waals surface area contributed by atoms with Gasteiger partial charge in [-0.2, -0.15) is 0 Å². The molecule has 8 nitrogen and oxygen atoms in total. The predicted octanol–water partition coefficient (Wildman–Crippen LogP) is 2.86. The average molecular weight is 465 g/mol. The third kappa shape index (κ3) is 3.53. The molecule has 6 rings (SSSR count). The number of alkyl carbamates (subject to hydrolysis) is 1.